The monoisotopic (exact) mass is 280 g/mol. The summed E-state index contributed by atoms with van der Waals surface area (Å²) >= 11 is 11.5. The van der Waals surface area contributed by atoms with Crippen LogP contribution in [-0.4, -0.2) is 9.55 Å². The van der Waals surface area contributed by atoms with E-state index >= 15 is 0 Å². The summed E-state index contributed by atoms with van der Waals surface area (Å²) in [6.45, 7) is 0.597. The number of halogens is 2. The first-order valence-corrected chi connectivity index (χ1v) is 6.40. The second-order valence-corrected chi connectivity index (χ2v) is 5.14. The highest BCUT2D eigenvalue weighted by atomic mass is 35.5. The number of benzene rings is 1. The van der Waals surface area contributed by atoms with Crippen LogP contribution < -0.4 is 5.56 Å². The van der Waals surface area contributed by atoms with Crippen LogP contribution >= 0.6 is 23.2 Å². The van der Waals surface area contributed by atoms with Gasteiger partial charge in [0.25, 0.3) is 5.56 Å². The summed E-state index contributed by atoms with van der Waals surface area (Å²) in [5, 5.41) is 0.0544. The van der Waals surface area contributed by atoms with E-state index in [2.05, 4.69) is 17.1 Å². The second-order valence-electron chi connectivity index (χ2n) is 4.41. The smallest absolute Gasteiger partial charge is 0.273 e. The lowest BCUT2D eigenvalue weighted by Crippen LogP contribution is -2.28. The fourth-order valence-electron chi connectivity index (χ4n) is 2.34. The summed E-state index contributed by atoms with van der Waals surface area (Å²) in [7, 11) is 0. The average molecular weight is 281 g/mol. The highest BCUT2D eigenvalue weighted by molar-refractivity contribution is 6.40. The Morgan fingerprint density at radius 1 is 1.33 bits per heavy atom. The molecule has 3 nitrogen and oxygen atoms in total. The molecule has 0 aliphatic heterocycles. The molecule has 1 aromatic heterocycles. The predicted octanol–water partition coefficient (Wildman–Crippen LogP) is 2.89. The average Bonchev–Trinajstić information content (AvgIpc) is 2.35. The molecule has 0 amide bonds. The van der Waals surface area contributed by atoms with E-state index in [9.17, 15) is 4.79 Å². The quantitative estimate of drug-likeness (QED) is 0.793. The van der Waals surface area contributed by atoms with Crippen molar-refractivity contribution in [1.29, 1.82) is 0 Å². The molecule has 1 atom stereocenters. The van der Waals surface area contributed by atoms with Crippen LogP contribution in [0.25, 0.3) is 0 Å². The molecule has 1 aliphatic rings. The van der Waals surface area contributed by atoms with Gasteiger partial charge in [-0.3, -0.25) is 9.36 Å². The third-order valence-corrected chi connectivity index (χ3v) is 4.04. The molecule has 0 bridgehead atoms. The van der Waals surface area contributed by atoms with Crippen LogP contribution in [0.3, 0.4) is 0 Å². The summed E-state index contributed by atoms with van der Waals surface area (Å²) in [6, 6.07) is 8.25. The largest absolute Gasteiger partial charge is 0.297 e. The first kappa shape index (κ1) is 11.8. The topological polar surface area (TPSA) is 34.9 Å². The van der Waals surface area contributed by atoms with Crippen molar-refractivity contribution in [2.45, 2.75) is 18.9 Å². The molecule has 5 heteroatoms. The minimum absolute atomic E-state index is 0.00762. The Hall–Kier alpha value is -1.32. The number of rotatable bonds is 2. The van der Waals surface area contributed by atoms with E-state index in [1.165, 1.54) is 22.0 Å². The molecule has 1 aliphatic carbocycles. The van der Waals surface area contributed by atoms with Crippen LogP contribution in [0.4, 0.5) is 0 Å². The second kappa shape index (κ2) is 4.41. The Morgan fingerprint density at radius 3 is 2.89 bits per heavy atom. The van der Waals surface area contributed by atoms with Gasteiger partial charge >= 0.3 is 0 Å². The SMILES string of the molecule is O=c1c(Cl)c(Cl)ncn1CC1Cc2ccccc21. The van der Waals surface area contributed by atoms with Gasteiger partial charge in [0, 0.05) is 12.5 Å². The maximum Gasteiger partial charge on any atom is 0.273 e. The van der Waals surface area contributed by atoms with Crippen LogP contribution in [0, 0.1) is 0 Å². The lowest BCUT2D eigenvalue weighted by molar-refractivity contribution is 0.494. The third kappa shape index (κ3) is 1.84. The van der Waals surface area contributed by atoms with Crippen LogP contribution in [-0.2, 0) is 13.0 Å². The molecule has 0 fully saturated rings. The summed E-state index contributed by atoms with van der Waals surface area (Å²) in [6.07, 6.45) is 2.44. The molecular formula is C13H10Cl2N2O. The van der Waals surface area contributed by atoms with E-state index < -0.39 is 0 Å². The van der Waals surface area contributed by atoms with Crippen LogP contribution in [0.2, 0.25) is 10.2 Å². The molecule has 2 aromatic rings. The molecule has 1 heterocycles. The summed E-state index contributed by atoms with van der Waals surface area (Å²) in [5.41, 5.74) is 2.38. The number of hydrogen-bond donors (Lipinski definition) is 0. The fraction of sp³-hybridized carbons (Fsp3) is 0.231. The summed E-state index contributed by atoms with van der Waals surface area (Å²) < 4.78 is 1.52. The molecule has 0 N–H and O–H groups in total. The molecule has 0 saturated carbocycles. The van der Waals surface area contributed by atoms with Crippen molar-refractivity contribution < 1.29 is 0 Å². The number of nitrogens with zero attached hydrogens (tertiary/aromatic N) is 2. The van der Waals surface area contributed by atoms with E-state index in [-0.39, 0.29) is 15.7 Å². The minimum Gasteiger partial charge on any atom is -0.297 e. The van der Waals surface area contributed by atoms with Gasteiger partial charge in [0.05, 0.1) is 6.33 Å². The standard InChI is InChI=1S/C13H10Cl2N2O/c14-11-12(15)16-7-17(13(11)18)6-9-5-8-3-1-2-4-10(8)9/h1-4,7,9H,5-6H2. The predicted molar refractivity (Wildman–Crippen MR) is 71.4 cm³/mol. The maximum atomic E-state index is 11.9. The number of hydrogen-bond acceptors (Lipinski definition) is 2. The Bertz CT molecular complexity index is 666. The molecule has 92 valence electrons. The molecule has 1 unspecified atom stereocenters. The van der Waals surface area contributed by atoms with Crippen molar-refractivity contribution in [3.63, 3.8) is 0 Å². The fourth-order valence-corrected chi connectivity index (χ4v) is 2.62. The van der Waals surface area contributed by atoms with Gasteiger partial charge in [-0.1, -0.05) is 47.5 Å². The van der Waals surface area contributed by atoms with Gasteiger partial charge in [-0.15, -0.1) is 0 Å². The van der Waals surface area contributed by atoms with Crippen molar-refractivity contribution in [2.24, 2.45) is 0 Å². The van der Waals surface area contributed by atoms with Gasteiger partial charge in [-0.2, -0.15) is 0 Å². The van der Waals surface area contributed by atoms with E-state index in [0.717, 1.165) is 6.42 Å². The first-order valence-electron chi connectivity index (χ1n) is 5.65. The zero-order valence-corrected chi connectivity index (χ0v) is 10.9. The lowest BCUT2D eigenvalue weighted by Gasteiger charge is -2.30. The summed E-state index contributed by atoms with van der Waals surface area (Å²) in [5.74, 6) is 0.359. The number of fused-ring (bicyclic) bond motifs is 1. The van der Waals surface area contributed by atoms with Crippen LogP contribution in [0.5, 0.6) is 0 Å². The number of aromatic nitrogens is 2. The Morgan fingerprint density at radius 2 is 2.11 bits per heavy atom. The first-order chi connectivity index (χ1) is 8.66. The van der Waals surface area contributed by atoms with Crippen molar-refractivity contribution in [2.75, 3.05) is 0 Å². The molecule has 1 aromatic carbocycles. The van der Waals surface area contributed by atoms with E-state index in [0.29, 0.717) is 12.5 Å². The van der Waals surface area contributed by atoms with Crippen molar-refractivity contribution >= 4 is 23.2 Å². The van der Waals surface area contributed by atoms with Gasteiger partial charge in [0.15, 0.2) is 5.15 Å². The van der Waals surface area contributed by atoms with Gasteiger partial charge < -0.3 is 0 Å². The van der Waals surface area contributed by atoms with Crippen molar-refractivity contribution in [3.05, 3.63) is 62.2 Å². The van der Waals surface area contributed by atoms with Crippen LogP contribution in [0.15, 0.2) is 35.4 Å². The Labute approximate surface area is 114 Å². The van der Waals surface area contributed by atoms with Crippen molar-refractivity contribution in [3.8, 4) is 0 Å². The molecule has 18 heavy (non-hydrogen) atoms. The van der Waals surface area contributed by atoms with Crippen LogP contribution in [0.1, 0.15) is 17.0 Å². The third-order valence-electron chi connectivity index (χ3n) is 3.32. The zero-order chi connectivity index (χ0) is 12.7. The van der Waals surface area contributed by atoms with E-state index in [1.54, 1.807) is 0 Å². The lowest BCUT2D eigenvalue weighted by atomic mass is 9.77. The highest BCUT2D eigenvalue weighted by Crippen LogP contribution is 2.35. The highest BCUT2D eigenvalue weighted by Gasteiger charge is 2.26. The van der Waals surface area contributed by atoms with E-state index in [1.807, 2.05) is 12.1 Å². The van der Waals surface area contributed by atoms with Gasteiger partial charge in [-0.05, 0) is 17.5 Å². The molecule has 0 saturated heterocycles. The van der Waals surface area contributed by atoms with E-state index in [4.69, 9.17) is 23.2 Å². The molecule has 0 spiro atoms. The molecule has 0 radical (unpaired) electrons. The van der Waals surface area contributed by atoms with Crippen molar-refractivity contribution in [1.82, 2.24) is 9.55 Å². The van der Waals surface area contributed by atoms with Gasteiger partial charge in [0.1, 0.15) is 5.02 Å². The van der Waals surface area contributed by atoms with Gasteiger partial charge in [0.2, 0.25) is 0 Å². The Kier molecular flexibility index (Phi) is 2.88. The zero-order valence-electron chi connectivity index (χ0n) is 9.44. The summed E-state index contributed by atoms with van der Waals surface area (Å²) in [4.78, 5) is 15.8. The van der Waals surface area contributed by atoms with Gasteiger partial charge in [-0.25, -0.2) is 4.98 Å². The maximum absolute atomic E-state index is 11.9. The molecular weight excluding hydrogens is 271 g/mol. The minimum atomic E-state index is -0.277. The molecule has 3 rings (SSSR count). The normalized spacial score (nSPS) is 17.1. The Balaban J connectivity index is 1.88.